The van der Waals surface area contributed by atoms with Gasteiger partial charge in [-0.05, 0) is 19.1 Å². The van der Waals surface area contributed by atoms with Gasteiger partial charge in [0, 0.05) is 31.1 Å². The van der Waals surface area contributed by atoms with Crippen LogP contribution in [0.5, 0.6) is 17.2 Å². The molecule has 3 unspecified atom stereocenters. The van der Waals surface area contributed by atoms with E-state index in [9.17, 15) is 9.90 Å². The van der Waals surface area contributed by atoms with Crippen LogP contribution in [0.3, 0.4) is 0 Å². The molecule has 1 fully saturated rings. The summed E-state index contributed by atoms with van der Waals surface area (Å²) in [5.74, 6) is 1.54. The third-order valence-electron chi connectivity index (χ3n) is 5.52. The van der Waals surface area contributed by atoms with Gasteiger partial charge in [-0.2, -0.15) is 0 Å². The molecule has 27 heavy (non-hydrogen) atoms. The second kappa shape index (κ2) is 7.53. The van der Waals surface area contributed by atoms with Crippen LogP contribution in [0.4, 0.5) is 0 Å². The maximum atomic E-state index is 12.5. The fourth-order valence-corrected chi connectivity index (χ4v) is 3.41. The van der Waals surface area contributed by atoms with Crippen LogP contribution in [-0.2, 0) is 9.53 Å². The van der Waals surface area contributed by atoms with Gasteiger partial charge in [0.1, 0.15) is 24.0 Å². The van der Waals surface area contributed by atoms with E-state index in [4.69, 9.17) is 24.7 Å². The van der Waals surface area contributed by atoms with Crippen molar-refractivity contribution in [3.05, 3.63) is 18.2 Å². The highest BCUT2D eigenvalue weighted by Gasteiger charge is 2.62. The first kappa shape index (κ1) is 19.7. The molecule has 3 atom stereocenters. The van der Waals surface area contributed by atoms with Crippen molar-refractivity contribution in [2.24, 2.45) is 11.1 Å². The Kier molecular flexibility index (Phi) is 5.50. The van der Waals surface area contributed by atoms with Crippen LogP contribution >= 0.6 is 0 Å². The third-order valence-corrected chi connectivity index (χ3v) is 5.52. The molecule has 0 saturated heterocycles. The van der Waals surface area contributed by atoms with E-state index in [0.29, 0.717) is 30.3 Å². The molecule has 1 aromatic rings. The van der Waals surface area contributed by atoms with E-state index in [-0.39, 0.29) is 32.0 Å². The highest BCUT2D eigenvalue weighted by molar-refractivity contribution is 5.88. The molecule has 1 aliphatic heterocycles. The molecule has 1 heterocycles. The first-order valence-corrected chi connectivity index (χ1v) is 9.17. The minimum atomic E-state index is -1.01. The molecule has 0 aromatic heterocycles. The number of hydrogen-bond acceptors (Lipinski definition) is 7. The average Bonchev–Trinajstić information content (AvgIpc) is 3.11. The Morgan fingerprint density at radius 3 is 2.85 bits per heavy atom. The number of amides is 1. The van der Waals surface area contributed by atoms with Crippen molar-refractivity contribution in [2.45, 2.75) is 44.9 Å². The van der Waals surface area contributed by atoms with Crippen molar-refractivity contribution in [1.29, 1.82) is 0 Å². The van der Waals surface area contributed by atoms with E-state index in [2.05, 4.69) is 5.32 Å². The molecule has 2 aliphatic rings. The first-order valence-electron chi connectivity index (χ1n) is 9.17. The minimum absolute atomic E-state index is 0.0302. The minimum Gasteiger partial charge on any atom is -0.491 e. The van der Waals surface area contributed by atoms with Crippen LogP contribution in [0.15, 0.2) is 18.2 Å². The van der Waals surface area contributed by atoms with Crippen molar-refractivity contribution >= 4 is 5.91 Å². The Hall–Kier alpha value is -2.03. The summed E-state index contributed by atoms with van der Waals surface area (Å²) in [6.07, 6.45) is -0.449. The summed E-state index contributed by atoms with van der Waals surface area (Å²) in [5.41, 5.74) is 4.84. The molecule has 1 saturated carbocycles. The lowest BCUT2D eigenvalue weighted by Crippen LogP contribution is -2.76. The predicted molar refractivity (Wildman–Crippen MR) is 97.8 cm³/mol. The molecule has 0 bridgehead atoms. The summed E-state index contributed by atoms with van der Waals surface area (Å²) in [4.78, 5) is 12.5. The number of nitrogens with one attached hydrogen (secondary N) is 1. The highest BCUT2D eigenvalue weighted by atomic mass is 16.7. The number of rotatable bonds is 8. The SMILES string of the molecule is CCOC1CC(N)(C(=O)NCC(O)COc2ccc3c(c2)OCO3)C1(C)C. The molecule has 8 nitrogen and oxygen atoms in total. The molecule has 8 heteroatoms. The van der Waals surface area contributed by atoms with Crippen molar-refractivity contribution in [3.8, 4) is 17.2 Å². The van der Waals surface area contributed by atoms with Gasteiger partial charge in [-0.3, -0.25) is 4.79 Å². The number of carbonyl (C=O) groups is 1. The zero-order valence-corrected chi connectivity index (χ0v) is 16.0. The standard InChI is InChI=1S/C19H28N2O6/c1-4-24-16-8-19(20,18(16,2)3)17(23)21-9-12(22)10-25-13-5-6-14-15(7-13)27-11-26-14/h5-7,12,16,22H,4,8-11,20H2,1-3H3,(H,21,23). The monoisotopic (exact) mass is 380 g/mol. The van der Waals surface area contributed by atoms with Gasteiger partial charge < -0.3 is 35.1 Å². The fraction of sp³-hybridized carbons (Fsp3) is 0.632. The van der Waals surface area contributed by atoms with Gasteiger partial charge in [-0.15, -0.1) is 0 Å². The molecular weight excluding hydrogens is 352 g/mol. The molecule has 0 radical (unpaired) electrons. The van der Waals surface area contributed by atoms with Gasteiger partial charge in [0.25, 0.3) is 0 Å². The zero-order valence-electron chi connectivity index (χ0n) is 16.0. The summed E-state index contributed by atoms with van der Waals surface area (Å²) in [6.45, 7) is 6.63. The summed E-state index contributed by atoms with van der Waals surface area (Å²) < 4.78 is 21.7. The average molecular weight is 380 g/mol. The molecule has 4 N–H and O–H groups in total. The largest absolute Gasteiger partial charge is 0.491 e. The zero-order chi connectivity index (χ0) is 19.7. The number of hydrogen-bond donors (Lipinski definition) is 3. The van der Waals surface area contributed by atoms with Crippen molar-refractivity contribution in [3.63, 3.8) is 0 Å². The second-order valence-corrected chi connectivity index (χ2v) is 7.53. The lowest BCUT2D eigenvalue weighted by atomic mass is 9.54. The summed E-state index contributed by atoms with van der Waals surface area (Å²) in [6, 6.07) is 5.18. The van der Waals surface area contributed by atoms with E-state index in [1.165, 1.54) is 0 Å². The maximum absolute atomic E-state index is 12.5. The number of benzene rings is 1. The van der Waals surface area contributed by atoms with Crippen LogP contribution in [0, 0.1) is 5.41 Å². The predicted octanol–water partition coefficient (Wildman–Crippen LogP) is 0.804. The molecule has 1 aromatic carbocycles. The number of fused-ring (bicyclic) bond motifs is 1. The smallest absolute Gasteiger partial charge is 0.240 e. The number of ether oxygens (including phenoxy) is 4. The topological polar surface area (TPSA) is 112 Å². The number of aliphatic hydroxyl groups excluding tert-OH is 1. The lowest BCUT2D eigenvalue weighted by Gasteiger charge is -2.57. The van der Waals surface area contributed by atoms with Crippen LogP contribution in [0.1, 0.15) is 27.2 Å². The molecule has 1 aliphatic carbocycles. The summed E-state index contributed by atoms with van der Waals surface area (Å²) >= 11 is 0. The Labute approximate surface area is 158 Å². The van der Waals surface area contributed by atoms with E-state index in [0.717, 1.165) is 0 Å². The van der Waals surface area contributed by atoms with Gasteiger partial charge in [0.2, 0.25) is 12.7 Å². The number of aliphatic hydroxyl groups is 1. The lowest BCUT2D eigenvalue weighted by molar-refractivity contribution is -0.171. The number of nitrogens with two attached hydrogens (primary N) is 1. The van der Waals surface area contributed by atoms with Gasteiger partial charge in [0.15, 0.2) is 11.5 Å². The number of carbonyl (C=O) groups excluding carboxylic acids is 1. The quantitative estimate of drug-likeness (QED) is 0.612. The maximum Gasteiger partial charge on any atom is 0.240 e. The van der Waals surface area contributed by atoms with Gasteiger partial charge in [-0.25, -0.2) is 0 Å². The summed E-state index contributed by atoms with van der Waals surface area (Å²) in [5, 5.41) is 12.8. The van der Waals surface area contributed by atoms with Crippen LogP contribution in [0.25, 0.3) is 0 Å². The molecular formula is C19H28N2O6. The molecule has 0 spiro atoms. The Morgan fingerprint density at radius 1 is 1.41 bits per heavy atom. The van der Waals surface area contributed by atoms with E-state index >= 15 is 0 Å². The Balaban J connectivity index is 1.45. The van der Waals surface area contributed by atoms with E-state index in [1.54, 1.807) is 18.2 Å². The van der Waals surface area contributed by atoms with Crippen molar-refractivity contribution in [2.75, 3.05) is 26.6 Å². The fourth-order valence-electron chi connectivity index (χ4n) is 3.41. The van der Waals surface area contributed by atoms with Crippen molar-refractivity contribution < 1.29 is 28.8 Å². The third kappa shape index (κ3) is 3.69. The van der Waals surface area contributed by atoms with Crippen LogP contribution < -0.4 is 25.3 Å². The van der Waals surface area contributed by atoms with Crippen LogP contribution in [0.2, 0.25) is 0 Å². The van der Waals surface area contributed by atoms with E-state index in [1.807, 2.05) is 20.8 Å². The van der Waals surface area contributed by atoms with Crippen molar-refractivity contribution in [1.82, 2.24) is 5.32 Å². The molecule has 1 amide bonds. The van der Waals surface area contributed by atoms with E-state index < -0.39 is 17.1 Å². The molecule has 150 valence electrons. The molecule has 3 rings (SSSR count). The first-order chi connectivity index (χ1) is 12.8. The van der Waals surface area contributed by atoms with Gasteiger partial charge in [-0.1, -0.05) is 13.8 Å². The highest BCUT2D eigenvalue weighted by Crippen LogP contribution is 2.49. The second-order valence-electron chi connectivity index (χ2n) is 7.53. The Bertz CT molecular complexity index is 695. The van der Waals surface area contributed by atoms with Gasteiger partial charge in [0.05, 0.1) is 6.10 Å². The normalized spacial score (nSPS) is 26.2. The Morgan fingerprint density at radius 2 is 2.15 bits per heavy atom. The van der Waals surface area contributed by atoms with Gasteiger partial charge >= 0.3 is 0 Å². The van der Waals surface area contributed by atoms with Crippen LogP contribution in [-0.4, -0.2) is 55.3 Å². The summed E-state index contributed by atoms with van der Waals surface area (Å²) in [7, 11) is 0.